The van der Waals surface area contributed by atoms with Crippen molar-refractivity contribution in [3.63, 3.8) is 0 Å². The number of ether oxygens (including phenoxy) is 1. The summed E-state index contributed by atoms with van der Waals surface area (Å²) in [6.45, 7) is 4.81. The van der Waals surface area contributed by atoms with E-state index in [9.17, 15) is 8.42 Å². The Morgan fingerprint density at radius 1 is 1.41 bits per heavy atom. The standard InChI is InChI=1S/C15H24N2O3S.ClH/c1-11-5-4-8-17(14(11)10-16)21(18,19)13-6-7-15(20-3)12(2)9-13;/h6-7,9,11,14H,4-5,8,10,16H2,1-3H3;1H. The quantitative estimate of drug-likeness (QED) is 0.905. The average Bonchev–Trinajstić information content (AvgIpc) is 2.46. The van der Waals surface area contributed by atoms with Gasteiger partial charge in [-0.2, -0.15) is 4.31 Å². The summed E-state index contributed by atoms with van der Waals surface area (Å²) in [7, 11) is -1.93. The lowest BCUT2D eigenvalue weighted by Gasteiger charge is -2.38. The van der Waals surface area contributed by atoms with E-state index < -0.39 is 10.0 Å². The molecule has 126 valence electrons. The molecule has 5 nitrogen and oxygen atoms in total. The highest BCUT2D eigenvalue weighted by Crippen LogP contribution is 2.30. The number of hydrogen-bond donors (Lipinski definition) is 1. The second-order valence-corrected chi connectivity index (χ2v) is 7.56. The molecule has 0 spiro atoms. The smallest absolute Gasteiger partial charge is 0.243 e. The van der Waals surface area contributed by atoms with Crippen LogP contribution in [0.2, 0.25) is 0 Å². The van der Waals surface area contributed by atoms with Gasteiger partial charge >= 0.3 is 0 Å². The van der Waals surface area contributed by atoms with Gasteiger partial charge in [0.1, 0.15) is 5.75 Å². The van der Waals surface area contributed by atoms with Gasteiger partial charge in [0.05, 0.1) is 12.0 Å². The maximum absolute atomic E-state index is 12.9. The number of sulfonamides is 1. The Kier molecular flexibility index (Phi) is 6.67. The van der Waals surface area contributed by atoms with Crippen molar-refractivity contribution in [2.75, 3.05) is 20.2 Å². The van der Waals surface area contributed by atoms with Crippen LogP contribution in [-0.2, 0) is 10.0 Å². The van der Waals surface area contributed by atoms with Gasteiger partial charge in [0.25, 0.3) is 0 Å². The summed E-state index contributed by atoms with van der Waals surface area (Å²) in [6.07, 6.45) is 1.90. The number of benzene rings is 1. The van der Waals surface area contributed by atoms with Gasteiger partial charge in [-0.3, -0.25) is 0 Å². The molecule has 0 amide bonds. The fourth-order valence-corrected chi connectivity index (χ4v) is 4.86. The molecule has 2 N–H and O–H groups in total. The van der Waals surface area contributed by atoms with Crippen molar-refractivity contribution in [3.05, 3.63) is 23.8 Å². The van der Waals surface area contributed by atoms with E-state index >= 15 is 0 Å². The number of piperidine rings is 1. The maximum atomic E-state index is 12.9. The van der Waals surface area contributed by atoms with Crippen molar-refractivity contribution in [1.29, 1.82) is 0 Å². The molecule has 22 heavy (non-hydrogen) atoms. The molecule has 2 unspecified atom stereocenters. The molecule has 0 aromatic heterocycles. The van der Waals surface area contributed by atoms with E-state index in [0.29, 0.717) is 23.7 Å². The van der Waals surface area contributed by atoms with Gasteiger partial charge in [-0.05, 0) is 49.4 Å². The third-order valence-electron chi connectivity index (χ3n) is 4.28. The molecule has 2 rings (SSSR count). The molecule has 0 saturated carbocycles. The highest BCUT2D eigenvalue weighted by Gasteiger charge is 2.36. The molecule has 1 aromatic carbocycles. The Hall–Kier alpha value is -0.820. The largest absolute Gasteiger partial charge is 0.496 e. The first kappa shape index (κ1) is 19.2. The highest BCUT2D eigenvalue weighted by molar-refractivity contribution is 7.89. The molecule has 1 saturated heterocycles. The second kappa shape index (κ2) is 7.64. The summed E-state index contributed by atoms with van der Waals surface area (Å²) in [4.78, 5) is 0.313. The Labute approximate surface area is 139 Å². The van der Waals surface area contributed by atoms with Crippen molar-refractivity contribution < 1.29 is 13.2 Å². The predicted octanol–water partition coefficient (Wildman–Crippen LogP) is 2.17. The van der Waals surface area contributed by atoms with Gasteiger partial charge < -0.3 is 10.5 Å². The van der Waals surface area contributed by atoms with E-state index in [4.69, 9.17) is 10.5 Å². The van der Waals surface area contributed by atoms with E-state index in [0.717, 1.165) is 18.4 Å². The second-order valence-electron chi connectivity index (χ2n) is 5.67. The lowest BCUT2D eigenvalue weighted by Crippen LogP contribution is -2.51. The van der Waals surface area contributed by atoms with Crippen molar-refractivity contribution in [2.45, 2.75) is 37.6 Å². The first-order valence-corrected chi connectivity index (χ1v) is 8.72. The molecular formula is C15H25ClN2O3S. The van der Waals surface area contributed by atoms with Crippen LogP contribution in [0.15, 0.2) is 23.1 Å². The first-order chi connectivity index (χ1) is 9.91. The number of methoxy groups -OCH3 is 1. The third kappa shape index (κ3) is 3.56. The average molecular weight is 349 g/mol. The number of rotatable bonds is 4. The van der Waals surface area contributed by atoms with Gasteiger partial charge in [0.15, 0.2) is 0 Å². The van der Waals surface area contributed by atoms with Crippen LogP contribution in [0.4, 0.5) is 0 Å². The van der Waals surface area contributed by atoms with Crippen LogP contribution in [0.5, 0.6) is 5.75 Å². The van der Waals surface area contributed by atoms with Crippen LogP contribution in [0.25, 0.3) is 0 Å². The lowest BCUT2D eigenvalue weighted by atomic mass is 9.93. The van der Waals surface area contributed by atoms with Crippen LogP contribution >= 0.6 is 12.4 Å². The number of aryl methyl sites for hydroxylation is 1. The first-order valence-electron chi connectivity index (χ1n) is 7.28. The molecule has 0 radical (unpaired) electrons. The Bertz CT molecular complexity index is 607. The van der Waals surface area contributed by atoms with Crippen LogP contribution in [0.3, 0.4) is 0 Å². The summed E-state index contributed by atoms with van der Waals surface area (Å²) in [6, 6.07) is 4.85. The topological polar surface area (TPSA) is 72.6 Å². The molecule has 1 aliphatic rings. The van der Waals surface area contributed by atoms with E-state index in [1.165, 1.54) is 0 Å². The number of nitrogens with two attached hydrogens (primary N) is 1. The monoisotopic (exact) mass is 348 g/mol. The molecule has 1 aromatic rings. The van der Waals surface area contributed by atoms with E-state index in [1.54, 1.807) is 29.6 Å². The Morgan fingerprint density at radius 3 is 2.64 bits per heavy atom. The Balaban J connectivity index is 0.00000242. The van der Waals surface area contributed by atoms with E-state index in [-0.39, 0.29) is 24.4 Å². The third-order valence-corrected chi connectivity index (χ3v) is 6.20. The molecule has 0 bridgehead atoms. The zero-order valence-electron chi connectivity index (χ0n) is 13.3. The molecule has 1 aliphatic heterocycles. The minimum atomic E-state index is -3.51. The molecule has 0 aliphatic carbocycles. The van der Waals surface area contributed by atoms with E-state index in [2.05, 4.69) is 6.92 Å². The molecule has 1 heterocycles. The molecule has 1 fully saturated rings. The minimum absolute atomic E-state index is 0. The molecule has 7 heteroatoms. The summed E-state index contributed by atoms with van der Waals surface area (Å²) in [5.74, 6) is 0.981. The zero-order chi connectivity index (χ0) is 15.6. The summed E-state index contributed by atoms with van der Waals surface area (Å²) in [5, 5.41) is 0. The van der Waals surface area contributed by atoms with Crippen molar-refractivity contribution in [1.82, 2.24) is 4.31 Å². The van der Waals surface area contributed by atoms with Gasteiger partial charge in [0.2, 0.25) is 10.0 Å². The number of nitrogens with zero attached hydrogens (tertiary/aromatic N) is 1. The maximum Gasteiger partial charge on any atom is 0.243 e. The van der Waals surface area contributed by atoms with E-state index in [1.807, 2.05) is 6.92 Å². The van der Waals surface area contributed by atoms with Crippen LogP contribution in [-0.4, -0.2) is 39.0 Å². The van der Waals surface area contributed by atoms with Crippen LogP contribution < -0.4 is 10.5 Å². The molecule has 2 atom stereocenters. The SMILES string of the molecule is COc1ccc(S(=O)(=O)N2CCCC(C)C2CN)cc1C.Cl. The summed E-state index contributed by atoms with van der Waals surface area (Å²) in [5.41, 5.74) is 6.62. The minimum Gasteiger partial charge on any atom is -0.496 e. The number of hydrogen-bond acceptors (Lipinski definition) is 4. The molecular weight excluding hydrogens is 324 g/mol. The Morgan fingerprint density at radius 2 is 2.09 bits per heavy atom. The normalized spacial score (nSPS) is 22.9. The van der Waals surface area contributed by atoms with Crippen LogP contribution in [0, 0.1) is 12.8 Å². The zero-order valence-corrected chi connectivity index (χ0v) is 14.9. The number of halogens is 1. The summed E-state index contributed by atoms with van der Waals surface area (Å²) < 4.78 is 32.5. The fourth-order valence-electron chi connectivity index (χ4n) is 3.01. The highest BCUT2D eigenvalue weighted by atomic mass is 35.5. The van der Waals surface area contributed by atoms with Gasteiger partial charge in [-0.25, -0.2) is 8.42 Å². The van der Waals surface area contributed by atoms with Crippen molar-refractivity contribution >= 4 is 22.4 Å². The fraction of sp³-hybridized carbons (Fsp3) is 0.600. The summed E-state index contributed by atoms with van der Waals surface area (Å²) >= 11 is 0. The van der Waals surface area contributed by atoms with Crippen LogP contribution in [0.1, 0.15) is 25.3 Å². The van der Waals surface area contributed by atoms with Gasteiger partial charge in [-0.1, -0.05) is 6.92 Å². The lowest BCUT2D eigenvalue weighted by molar-refractivity contribution is 0.192. The predicted molar refractivity (Wildman–Crippen MR) is 90.1 cm³/mol. The van der Waals surface area contributed by atoms with Crippen molar-refractivity contribution in [2.24, 2.45) is 11.7 Å². The van der Waals surface area contributed by atoms with Gasteiger partial charge in [-0.15, -0.1) is 12.4 Å². The van der Waals surface area contributed by atoms with Crippen molar-refractivity contribution in [3.8, 4) is 5.75 Å². The van der Waals surface area contributed by atoms with Gasteiger partial charge in [0, 0.05) is 19.1 Å².